The zero-order chi connectivity index (χ0) is 15.2. The standard InChI is InChI=1S/C17H18ClNO2/c1-3-16(21-14-10-8-13(18)9-11-14)17(20)19-15-7-5-4-6-12(15)2/h4-11,16H,3H2,1-2H3,(H,19,20)/t16-/m1/s1. The van der Waals surface area contributed by atoms with Crippen LogP contribution < -0.4 is 10.1 Å². The van der Waals surface area contributed by atoms with E-state index in [1.54, 1.807) is 24.3 Å². The van der Waals surface area contributed by atoms with Crippen molar-refractivity contribution < 1.29 is 9.53 Å². The minimum atomic E-state index is -0.536. The molecule has 0 bridgehead atoms. The highest BCUT2D eigenvalue weighted by molar-refractivity contribution is 6.30. The van der Waals surface area contributed by atoms with Gasteiger partial charge in [0.2, 0.25) is 0 Å². The molecular weight excluding hydrogens is 286 g/mol. The maximum absolute atomic E-state index is 12.3. The second-order valence-electron chi connectivity index (χ2n) is 4.77. The lowest BCUT2D eigenvalue weighted by molar-refractivity contribution is -0.122. The van der Waals surface area contributed by atoms with Gasteiger partial charge in [-0.15, -0.1) is 0 Å². The Bertz CT molecular complexity index is 610. The van der Waals surface area contributed by atoms with Gasteiger partial charge in [-0.1, -0.05) is 36.7 Å². The summed E-state index contributed by atoms with van der Waals surface area (Å²) in [5, 5.41) is 3.54. The fourth-order valence-electron chi connectivity index (χ4n) is 1.93. The van der Waals surface area contributed by atoms with Crippen LogP contribution in [0.4, 0.5) is 5.69 Å². The first-order chi connectivity index (χ1) is 10.1. The van der Waals surface area contributed by atoms with Crippen LogP contribution in [0.25, 0.3) is 0 Å². The van der Waals surface area contributed by atoms with Crippen molar-refractivity contribution in [2.45, 2.75) is 26.4 Å². The minimum absolute atomic E-state index is 0.151. The molecule has 0 aromatic heterocycles. The molecule has 3 nitrogen and oxygen atoms in total. The van der Waals surface area contributed by atoms with Gasteiger partial charge in [-0.2, -0.15) is 0 Å². The molecule has 4 heteroatoms. The lowest BCUT2D eigenvalue weighted by atomic mass is 10.2. The number of ether oxygens (including phenoxy) is 1. The zero-order valence-electron chi connectivity index (χ0n) is 12.1. The zero-order valence-corrected chi connectivity index (χ0v) is 12.9. The van der Waals surface area contributed by atoms with Crippen LogP contribution in [0.3, 0.4) is 0 Å². The molecule has 1 N–H and O–H groups in total. The van der Waals surface area contributed by atoms with Crippen LogP contribution in [0, 0.1) is 6.92 Å². The van der Waals surface area contributed by atoms with Crippen molar-refractivity contribution >= 4 is 23.2 Å². The summed E-state index contributed by atoms with van der Waals surface area (Å²) in [7, 11) is 0. The van der Waals surface area contributed by atoms with Crippen LogP contribution in [0.2, 0.25) is 5.02 Å². The Hall–Kier alpha value is -2.00. The van der Waals surface area contributed by atoms with E-state index in [2.05, 4.69) is 5.32 Å². The molecule has 0 saturated heterocycles. The third-order valence-electron chi connectivity index (χ3n) is 3.16. The molecule has 110 valence electrons. The monoisotopic (exact) mass is 303 g/mol. The van der Waals surface area contributed by atoms with Crippen LogP contribution >= 0.6 is 11.6 Å². The van der Waals surface area contributed by atoms with E-state index in [1.165, 1.54) is 0 Å². The summed E-state index contributed by atoms with van der Waals surface area (Å²) in [6, 6.07) is 14.7. The molecule has 2 aromatic rings. The predicted molar refractivity (Wildman–Crippen MR) is 86.0 cm³/mol. The Morgan fingerprint density at radius 2 is 1.86 bits per heavy atom. The van der Waals surface area contributed by atoms with E-state index in [9.17, 15) is 4.79 Å². The molecule has 0 heterocycles. The molecule has 0 radical (unpaired) electrons. The smallest absolute Gasteiger partial charge is 0.265 e. The van der Waals surface area contributed by atoms with Gasteiger partial charge < -0.3 is 10.1 Å². The van der Waals surface area contributed by atoms with Crippen molar-refractivity contribution in [1.29, 1.82) is 0 Å². The largest absolute Gasteiger partial charge is 0.481 e. The van der Waals surface area contributed by atoms with E-state index in [-0.39, 0.29) is 5.91 Å². The number of hydrogen-bond donors (Lipinski definition) is 1. The average Bonchev–Trinajstić information content (AvgIpc) is 2.49. The SMILES string of the molecule is CC[C@@H](Oc1ccc(Cl)cc1)C(=O)Nc1ccccc1C. The van der Waals surface area contributed by atoms with Gasteiger partial charge in [-0.05, 0) is 49.2 Å². The second-order valence-corrected chi connectivity index (χ2v) is 5.21. The molecule has 0 aliphatic rings. The number of nitrogens with one attached hydrogen (secondary N) is 1. The molecule has 2 rings (SSSR count). The second kappa shape index (κ2) is 7.14. The van der Waals surface area contributed by atoms with E-state index < -0.39 is 6.10 Å². The number of anilines is 1. The highest BCUT2D eigenvalue weighted by atomic mass is 35.5. The number of halogens is 1. The summed E-state index contributed by atoms with van der Waals surface area (Å²) >= 11 is 5.83. The number of para-hydroxylation sites is 1. The third-order valence-corrected chi connectivity index (χ3v) is 3.41. The molecule has 0 spiro atoms. The topological polar surface area (TPSA) is 38.3 Å². The Morgan fingerprint density at radius 3 is 2.48 bits per heavy atom. The van der Waals surface area contributed by atoms with Crippen molar-refractivity contribution in [2.75, 3.05) is 5.32 Å². The molecule has 2 aromatic carbocycles. The van der Waals surface area contributed by atoms with Gasteiger partial charge in [0.25, 0.3) is 5.91 Å². The van der Waals surface area contributed by atoms with Crippen LogP contribution in [-0.4, -0.2) is 12.0 Å². The highest BCUT2D eigenvalue weighted by Gasteiger charge is 2.19. The number of rotatable bonds is 5. The van der Waals surface area contributed by atoms with Crippen molar-refractivity contribution in [3.63, 3.8) is 0 Å². The third kappa shape index (κ3) is 4.23. The molecule has 1 atom stereocenters. The minimum Gasteiger partial charge on any atom is -0.481 e. The highest BCUT2D eigenvalue weighted by Crippen LogP contribution is 2.19. The first-order valence-electron chi connectivity index (χ1n) is 6.89. The van der Waals surface area contributed by atoms with Gasteiger partial charge in [-0.3, -0.25) is 4.79 Å². The van der Waals surface area contributed by atoms with Crippen molar-refractivity contribution in [3.8, 4) is 5.75 Å². The van der Waals surface area contributed by atoms with Gasteiger partial charge in [0.15, 0.2) is 6.10 Å². The molecule has 0 aliphatic carbocycles. The summed E-state index contributed by atoms with van der Waals surface area (Å²) < 4.78 is 5.72. The number of carbonyl (C=O) groups excluding carboxylic acids is 1. The van der Waals surface area contributed by atoms with Gasteiger partial charge in [-0.25, -0.2) is 0 Å². The van der Waals surface area contributed by atoms with Crippen molar-refractivity contribution in [2.24, 2.45) is 0 Å². The maximum Gasteiger partial charge on any atom is 0.265 e. The van der Waals surface area contributed by atoms with Gasteiger partial charge >= 0.3 is 0 Å². The maximum atomic E-state index is 12.3. The Labute approximate surface area is 129 Å². The summed E-state index contributed by atoms with van der Waals surface area (Å²) in [5.41, 5.74) is 1.83. The first kappa shape index (κ1) is 15.4. The lowest BCUT2D eigenvalue weighted by Crippen LogP contribution is -2.32. The van der Waals surface area contributed by atoms with Crippen molar-refractivity contribution in [3.05, 3.63) is 59.1 Å². The number of hydrogen-bond acceptors (Lipinski definition) is 2. The quantitative estimate of drug-likeness (QED) is 0.886. The van der Waals surface area contributed by atoms with E-state index >= 15 is 0 Å². The summed E-state index contributed by atoms with van der Waals surface area (Å²) in [4.78, 5) is 12.3. The average molecular weight is 304 g/mol. The van der Waals surface area contributed by atoms with Crippen LogP contribution in [-0.2, 0) is 4.79 Å². The molecular formula is C17H18ClNO2. The van der Waals surface area contributed by atoms with Crippen LogP contribution in [0.5, 0.6) is 5.75 Å². The number of benzene rings is 2. The van der Waals surface area contributed by atoms with Crippen LogP contribution in [0.1, 0.15) is 18.9 Å². The molecule has 21 heavy (non-hydrogen) atoms. The van der Waals surface area contributed by atoms with Crippen LogP contribution in [0.15, 0.2) is 48.5 Å². The summed E-state index contributed by atoms with van der Waals surface area (Å²) in [5.74, 6) is 0.480. The fourth-order valence-corrected chi connectivity index (χ4v) is 2.05. The van der Waals surface area contributed by atoms with Gasteiger partial charge in [0, 0.05) is 10.7 Å². The van der Waals surface area contributed by atoms with E-state index in [0.717, 1.165) is 11.3 Å². The number of carbonyl (C=O) groups is 1. The molecule has 0 saturated carbocycles. The lowest BCUT2D eigenvalue weighted by Gasteiger charge is -2.18. The summed E-state index contributed by atoms with van der Waals surface area (Å²) in [6.07, 6.45) is 0.0474. The normalized spacial score (nSPS) is 11.8. The number of amides is 1. The van der Waals surface area contributed by atoms with E-state index in [4.69, 9.17) is 16.3 Å². The Balaban J connectivity index is 2.05. The van der Waals surface area contributed by atoms with Crippen molar-refractivity contribution in [1.82, 2.24) is 0 Å². The van der Waals surface area contributed by atoms with E-state index in [1.807, 2.05) is 38.1 Å². The molecule has 0 unspecified atom stereocenters. The predicted octanol–water partition coefficient (Wildman–Crippen LogP) is 4.44. The Kier molecular flexibility index (Phi) is 5.23. The van der Waals surface area contributed by atoms with Gasteiger partial charge in [0.1, 0.15) is 5.75 Å². The Morgan fingerprint density at radius 1 is 1.19 bits per heavy atom. The summed E-state index contributed by atoms with van der Waals surface area (Å²) in [6.45, 7) is 3.87. The molecule has 1 amide bonds. The van der Waals surface area contributed by atoms with Gasteiger partial charge in [0.05, 0.1) is 0 Å². The molecule has 0 aliphatic heterocycles. The number of aryl methyl sites for hydroxylation is 1. The first-order valence-corrected chi connectivity index (χ1v) is 7.26. The fraction of sp³-hybridized carbons (Fsp3) is 0.235. The van der Waals surface area contributed by atoms with E-state index in [0.29, 0.717) is 17.2 Å². The molecule has 0 fully saturated rings.